The van der Waals surface area contributed by atoms with E-state index in [1.54, 1.807) is 42.6 Å². The number of halogens is 4. The van der Waals surface area contributed by atoms with Gasteiger partial charge in [-0.3, -0.25) is 9.59 Å². The summed E-state index contributed by atoms with van der Waals surface area (Å²) < 4.78 is 46.7. The molecule has 3 aromatic carbocycles. The fourth-order valence-corrected chi connectivity index (χ4v) is 4.03. The Hall–Kier alpha value is -5.20. The number of nitrogens with two attached hydrogens (primary N) is 1. The second kappa shape index (κ2) is 14.1. The number of alkyl halides is 3. The van der Waals surface area contributed by atoms with Crippen molar-refractivity contribution in [1.82, 2.24) is 10.3 Å². The minimum absolute atomic E-state index is 0.181. The fraction of sp³-hybridized carbons (Fsp3) is 0.200. The highest BCUT2D eigenvalue weighted by Gasteiger charge is 2.38. The van der Waals surface area contributed by atoms with Gasteiger partial charge in [0.15, 0.2) is 0 Å². The Labute approximate surface area is 244 Å². The van der Waals surface area contributed by atoms with Gasteiger partial charge in [-0.05, 0) is 65.4 Å². The van der Waals surface area contributed by atoms with Crippen LogP contribution in [-0.2, 0) is 27.3 Å². The predicted molar refractivity (Wildman–Crippen MR) is 155 cm³/mol. The van der Waals surface area contributed by atoms with Gasteiger partial charge in [0.2, 0.25) is 11.8 Å². The maximum Gasteiger partial charge on any atom is 0.490 e. The van der Waals surface area contributed by atoms with Gasteiger partial charge >= 0.3 is 12.1 Å². The molecule has 0 aliphatic carbocycles. The van der Waals surface area contributed by atoms with Crippen LogP contribution in [0, 0.1) is 5.82 Å². The number of aromatic nitrogens is 1. The first kappa shape index (κ1) is 32.3. The van der Waals surface area contributed by atoms with Crippen molar-refractivity contribution in [3.05, 3.63) is 95.4 Å². The van der Waals surface area contributed by atoms with Crippen LogP contribution >= 0.6 is 0 Å². The lowest BCUT2D eigenvalue weighted by Crippen LogP contribution is -2.33. The maximum absolute atomic E-state index is 15.0. The van der Waals surface area contributed by atoms with Gasteiger partial charge in [0.1, 0.15) is 17.7 Å². The zero-order chi connectivity index (χ0) is 31.7. The third kappa shape index (κ3) is 9.15. The van der Waals surface area contributed by atoms with E-state index in [1.165, 1.54) is 13.0 Å². The third-order valence-corrected chi connectivity index (χ3v) is 6.10. The summed E-state index contributed by atoms with van der Waals surface area (Å²) in [5, 5.41) is 17.6. The molecular formula is C30H29F4N5O4. The number of rotatable bonds is 8. The van der Waals surface area contributed by atoms with Crippen molar-refractivity contribution in [2.45, 2.75) is 39.0 Å². The van der Waals surface area contributed by atoms with E-state index in [4.69, 9.17) is 15.6 Å². The summed E-state index contributed by atoms with van der Waals surface area (Å²) in [6, 6.07) is 18.3. The number of anilines is 3. The van der Waals surface area contributed by atoms with Crippen LogP contribution in [0.4, 0.5) is 34.8 Å². The summed E-state index contributed by atoms with van der Waals surface area (Å²) >= 11 is 0. The number of aryl methyl sites for hydroxylation is 1. The first-order chi connectivity index (χ1) is 20.3. The van der Waals surface area contributed by atoms with Crippen LogP contribution in [0.5, 0.6) is 0 Å². The van der Waals surface area contributed by atoms with E-state index >= 15 is 0 Å². The highest BCUT2D eigenvalue weighted by atomic mass is 19.4. The number of amides is 2. The Morgan fingerprint density at radius 2 is 1.70 bits per heavy atom. The Bertz CT molecular complexity index is 1630. The van der Waals surface area contributed by atoms with Gasteiger partial charge in [0, 0.05) is 42.0 Å². The number of nitrogens with one attached hydrogen (secondary N) is 3. The molecule has 1 heterocycles. The second-order valence-corrected chi connectivity index (χ2v) is 9.32. The fourth-order valence-electron chi connectivity index (χ4n) is 4.03. The molecule has 9 nitrogen and oxygen atoms in total. The van der Waals surface area contributed by atoms with Crippen molar-refractivity contribution >= 4 is 45.7 Å². The van der Waals surface area contributed by atoms with Gasteiger partial charge in [-0.1, -0.05) is 31.2 Å². The minimum Gasteiger partial charge on any atom is -0.475 e. The first-order valence-electron chi connectivity index (χ1n) is 12.9. The van der Waals surface area contributed by atoms with Crippen LogP contribution in [0.15, 0.2) is 72.9 Å². The second-order valence-electron chi connectivity index (χ2n) is 9.32. The number of fused-ring (bicyclic) bond motifs is 1. The Kier molecular flexibility index (Phi) is 10.6. The minimum atomic E-state index is -5.08. The van der Waals surface area contributed by atoms with E-state index in [-0.39, 0.29) is 23.9 Å². The summed E-state index contributed by atoms with van der Waals surface area (Å²) in [4.78, 5) is 37.8. The normalized spacial score (nSPS) is 11.6. The number of carbonyl (C=O) groups excluding carboxylic acids is 2. The van der Waals surface area contributed by atoms with Gasteiger partial charge in [0.25, 0.3) is 0 Å². The van der Waals surface area contributed by atoms with Crippen molar-refractivity contribution in [2.24, 2.45) is 0 Å². The molecule has 0 spiro atoms. The molecule has 226 valence electrons. The molecule has 4 rings (SSSR count). The van der Waals surface area contributed by atoms with E-state index in [1.807, 2.05) is 31.2 Å². The Balaban J connectivity index is 0.000000646. The van der Waals surface area contributed by atoms with E-state index < -0.39 is 24.0 Å². The molecule has 13 heteroatoms. The topological polar surface area (TPSA) is 146 Å². The first-order valence-corrected chi connectivity index (χ1v) is 12.9. The van der Waals surface area contributed by atoms with E-state index in [9.17, 15) is 27.2 Å². The SMILES string of the molecule is CCc1ccc(F)c(C(Nc2ccc3c(N)nccc3c2)C(=O)NCc2cccc(NC(C)=O)c2)c1.O=C(O)C(F)(F)F. The third-order valence-electron chi connectivity index (χ3n) is 6.10. The highest BCUT2D eigenvalue weighted by molar-refractivity contribution is 5.94. The molecule has 1 unspecified atom stereocenters. The van der Waals surface area contributed by atoms with Crippen LogP contribution in [0.2, 0.25) is 0 Å². The Morgan fingerprint density at radius 1 is 0.977 bits per heavy atom. The number of nitrogen functional groups attached to an aromatic ring is 1. The zero-order valence-electron chi connectivity index (χ0n) is 23.1. The van der Waals surface area contributed by atoms with Crippen LogP contribution in [0.1, 0.15) is 36.6 Å². The number of carboxylic acids is 1. The molecule has 0 saturated carbocycles. The van der Waals surface area contributed by atoms with E-state index in [2.05, 4.69) is 20.9 Å². The molecule has 1 aromatic heterocycles. The summed E-state index contributed by atoms with van der Waals surface area (Å²) in [6.45, 7) is 3.62. The molecule has 4 aromatic rings. The largest absolute Gasteiger partial charge is 0.490 e. The molecule has 0 saturated heterocycles. The number of carbonyl (C=O) groups is 3. The molecule has 0 bridgehead atoms. The predicted octanol–water partition coefficient (Wildman–Crippen LogP) is 5.58. The lowest BCUT2D eigenvalue weighted by Gasteiger charge is -2.22. The van der Waals surface area contributed by atoms with E-state index in [0.29, 0.717) is 23.6 Å². The van der Waals surface area contributed by atoms with Crippen LogP contribution in [-0.4, -0.2) is 34.1 Å². The van der Waals surface area contributed by atoms with Gasteiger partial charge in [-0.25, -0.2) is 14.2 Å². The van der Waals surface area contributed by atoms with Crippen molar-refractivity contribution < 1.29 is 37.1 Å². The molecule has 0 aliphatic rings. The van der Waals surface area contributed by atoms with Crippen LogP contribution in [0.25, 0.3) is 10.8 Å². The molecule has 2 amide bonds. The van der Waals surface area contributed by atoms with Gasteiger partial charge in [-0.2, -0.15) is 13.2 Å². The van der Waals surface area contributed by atoms with Crippen LogP contribution in [0.3, 0.4) is 0 Å². The van der Waals surface area contributed by atoms with Crippen molar-refractivity contribution in [3.63, 3.8) is 0 Å². The standard InChI is InChI=1S/C28H28FN5O2.C2HF3O2/c1-3-18-7-10-25(29)24(14-18)26(34-22-8-9-23-20(15-22)11-12-31-27(23)30)28(36)32-16-19-5-4-6-21(13-19)33-17(2)35;3-2(4,5)1(6)7/h4-15,26,34H,3,16H2,1-2H3,(H2,30,31)(H,32,36)(H,33,35);(H,6,7). The van der Waals surface area contributed by atoms with E-state index in [0.717, 1.165) is 21.9 Å². The van der Waals surface area contributed by atoms with Crippen LogP contribution < -0.4 is 21.7 Å². The molecule has 0 fully saturated rings. The average molecular weight is 600 g/mol. The summed E-state index contributed by atoms with van der Waals surface area (Å²) in [5.74, 6) is -3.38. The van der Waals surface area contributed by atoms with Gasteiger partial charge < -0.3 is 26.8 Å². The van der Waals surface area contributed by atoms with Gasteiger partial charge in [0.05, 0.1) is 0 Å². The zero-order valence-corrected chi connectivity index (χ0v) is 23.1. The maximum atomic E-state index is 15.0. The number of hydrogen-bond donors (Lipinski definition) is 5. The van der Waals surface area contributed by atoms with Crippen molar-refractivity contribution in [2.75, 3.05) is 16.4 Å². The number of nitrogens with zero attached hydrogens (tertiary/aromatic N) is 1. The average Bonchev–Trinajstić information content (AvgIpc) is 2.95. The lowest BCUT2D eigenvalue weighted by molar-refractivity contribution is -0.192. The molecule has 6 N–H and O–H groups in total. The number of hydrogen-bond acceptors (Lipinski definition) is 6. The summed E-state index contributed by atoms with van der Waals surface area (Å²) in [6.07, 6.45) is -2.76. The molecule has 43 heavy (non-hydrogen) atoms. The Morgan fingerprint density at radius 3 is 2.35 bits per heavy atom. The lowest BCUT2D eigenvalue weighted by atomic mass is 10.0. The van der Waals surface area contributed by atoms with Crippen molar-refractivity contribution in [3.8, 4) is 0 Å². The number of aliphatic carboxylic acids is 1. The molecule has 1 atom stereocenters. The number of benzene rings is 3. The molecular weight excluding hydrogens is 570 g/mol. The molecule has 0 aliphatic heterocycles. The quantitative estimate of drug-likeness (QED) is 0.166. The monoisotopic (exact) mass is 599 g/mol. The number of pyridine rings is 1. The summed E-state index contributed by atoms with van der Waals surface area (Å²) in [7, 11) is 0. The number of carboxylic acid groups (broad SMARTS) is 1. The smallest absolute Gasteiger partial charge is 0.475 e. The highest BCUT2D eigenvalue weighted by Crippen LogP contribution is 2.28. The summed E-state index contributed by atoms with van der Waals surface area (Å²) in [5.41, 5.74) is 9.21. The van der Waals surface area contributed by atoms with Crippen molar-refractivity contribution in [1.29, 1.82) is 0 Å². The molecule has 0 radical (unpaired) electrons. The van der Waals surface area contributed by atoms with Gasteiger partial charge in [-0.15, -0.1) is 0 Å².